The number of ether oxygens (including phenoxy) is 1. The number of fused-ring (bicyclic) bond motifs is 2. The van der Waals surface area contributed by atoms with Gasteiger partial charge in [-0.05, 0) is 68.5 Å². The van der Waals surface area contributed by atoms with Crippen LogP contribution in [0.3, 0.4) is 0 Å². The van der Waals surface area contributed by atoms with E-state index in [0.29, 0.717) is 56.3 Å². The molecule has 1 atom stereocenters. The Bertz CT molecular complexity index is 1070. The van der Waals surface area contributed by atoms with Crippen LogP contribution in [-0.2, 0) is 5.54 Å². The lowest BCUT2D eigenvalue weighted by Crippen LogP contribution is -2.57. The molecule has 1 aromatic heterocycles. The van der Waals surface area contributed by atoms with Crippen LogP contribution in [0.4, 0.5) is 13.2 Å². The average molecular weight is 492 g/mol. The van der Waals surface area contributed by atoms with Gasteiger partial charge in [-0.15, -0.1) is 0 Å². The van der Waals surface area contributed by atoms with Gasteiger partial charge < -0.3 is 19.5 Å². The third kappa shape index (κ3) is 5.10. The lowest BCUT2D eigenvalue weighted by molar-refractivity contribution is -0.0892. The summed E-state index contributed by atoms with van der Waals surface area (Å²) in [5.41, 5.74) is 0.361. The Balaban J connectivity index is 1.44. The fourth-order valence-electron chi connectivity index (χ4n) is 4.98. The van der Waals surface area contributed by atoms with E-state index in [1.807, 2.05) is 0 Å². The minimum Gasteiger partial charge on any atom is -0.494 e. The number of nitrogens with one attached hydrogen (secondary N) is 1. The van der Waals surface area contributed by atoms with Gasteiger partial charge in [-0.1, -0.05) is 13.8 Å². The number of halogens is 3. The topological polar surface area (TPSA) is 63.6 Å². The summed E-state index contributed by atoms with van der Waals surface area (Å²) in [5.74, 6) is -0.622. The Morgan fingerprint density at radius 1 is 1.11 bits per heavy atom. The number of hydrogen-bond donors (Lipinski definition) is 1. The molecule has 6 nitrogen and oxygen atoms in total. The van der Waals surface area contributed by atoms with Crippen molar-refractivity contribution in [1.82, 2.24) is 14.8 Å². The first-order valence-electron chi connectivity index (χ1n) is 12.1. The van der Waals surface area contributed by atoms with Crippen molar-refractivity contribution in [3.8, 4) is 5.75 Å². The first-order chi connectivity index (χ1) is 16.5. The van der Waals surface area contributed by atoms with Gasteiger partial charge in [0.25, 0.3) is 11.7 Å². The standard InChI is InChI=1S/C26H32F3N3O3/c1-17(2)10-15-35-20-6-4-19(5-7-20)24(34)31-13-11-25(12-14-31)22-9-8-21(23(33)26(27,28)29)32(22)18(3)16-30-25/h4-9,17-18,30H,10-16H2,1-3H3. The average Bonchev–Trinajstić information content (AvgIpc) is 3.28. The minimum absolute atomic E-state index is 0.0823. The predicted molar refractivity (Wildman–Crippen MR) is 126 cm³/mol. The summed E-state index contributed by atoms with van der Waals surface area (Å²) >= 11 is 0. The van der Waals surface area contributed by atoms with Crippen molar-refractivity contribution in [3.05, 3.63) is 53.3 Å². The molecule has 190 valence electrons. The molecule has 0 bridgehead atoms. The smallest absolute Gasteiger partial charge is 0.456 e. The van der Waals surface area contributed by atoms with Crippen molar-refractivity contribution < 1.29 is 27.5 Å². The first kappa shape index (κ1) is 25.3. The summed E-state index contributed by atoms with van der Waals surface area (Å²) < 4.78 is 46.6. The van der Waals surface area contributed by atoms with Gasteiger partial charge in [0.15, 0.2) is 0 Å². The summed E-state index contributed by atoms with van der Waals surface area (Å²) in [5, 5.41) is 3.50. The highest BCUT2D eigenvalue weighted by Crippen LogP contribution is 2.40. The molecular formula is C26H32F3N3O3. The van der Waals surface area contributed by atoms with Crippen molar-refractivity contribution in [1.29, 1.82) is 0 Å². The third-order valence-corrected chi connectivity index (χ3v) is 7.04. The second kappa shape index (κ2) is 9.68. The van der Waals surface area contributed by atoms with E-state index in [1.165, 1.54) is 10.6 Å². The van der Waals surface area contributed by atoms with Gasteiger partial charge >= 0.3 is 6.18 Å². The molecule has 1 aromatic carbocycles. The summed E-state index contributed by atoms with van der Waals surface area (Å²) in [4.78, 5) is 26.8. The van der Waals surface area contributed by atoms with Gasteiger partial charge in [0.2, 0.25) is 0 Å². The number of carbonyl (C=O) groups excluding carboxylic acids is 2. The van der Waals surface area contributed by atoms with Crippen LogP contribution < -0.4 is 10.1 Å². The van der Waals surface area contributed by atoms with Crippen LogP contribution >= 0.6 is 0 Å². The number of piperidine rings is 1. The summed E-state index contributed by atoms with van der Waals surface area (Å²) in [6, 6.07) is 9.74. The Hall–Kier alpha value is -2.81. The van der Waals surface area contributed by atoms with Crippen LogP contribution in [0.25, 0.3) is 0 Å². The third-order valence-electron chi connectivity index (χ3n) is 7.04. The zero-order valence-corrected chi connectivity index (χ0v) is 20.3. The van der Waals surface area contributed by atoms with Gasteiger partial charge in [-0.25, -0.2) is 0 Å². The number of Topliss-reactive ketones (excluding diaryl/α,β-unsaturated/α-hetero) is 1. The normalized spacial score (nSPS) is 19.6. The van der Waals surface area contributed by atoms with Gasteiger partial charge in [0.05, 0.1) is 17.8 Å². The zero-order chi connectivity index (χ0) is 25.4. The highest BCUT2D eigenvalue weighted by atomic mass is 19.4. The van der Waals surface area contributed by atoms with E-state index in [4.69, 9.17) is 4.74 Å². The second-order valence-electron chi connectivity index (χ2n) is 9.96. The molecule has 2 aliphatic heterocycles. The van der Waals surface area contributed by atoms with Crippen molar-refractivity contribution in [3.63, 3.8) is 0 Å². The number of ketones is 1. The molecule has 3 heterocycles. The van der Waals surface area contributed by atoms with Crippen LogP contribution in [0.15, 0.2) is 36.4 Å². The number of benzene rings is 1. The molecule has 1 N–H and O–H groups in total. The number of hydrogen-bond acceptors (Lipinski definition) is 4. The van der Waals surface area contributed by atoms with Crippen molar-refractivity contribution in [2.75, 3.05) is 26.2 Å². The van der Waals surface area contributed by atoms with Gasteiger partial charge in [-0.3, -0.25) is 9.59 Å². The van der Waals surface area contributed by atoms with E-state index < -0.39 is 17.5 Å². The van der Waals surface area contributed by atoms with Gasteiger partial charge in [0.1, 0.15) is 5.75 Å². The maximum absolute atomic E-state index is 13.1. The monoisotopic (exact) mass is 491 g/mol. The van der Waals surface area contributed by atoms with E-state index in [2.05, 4.69) is 19.2 Å². The SMILES string of the molecule is CC(C)CCOc1ccc(C(=O)N2CCC3(CC2)NCC(C)n2c(C(=O)C(F)(F)F)ccc23)cc1. The zero-order valence-electron chi connectivity index (χ0n) is 20.3. The molecule has 2 aromatic rings. The number of rotatable bonds is 6. The number of likely N-dealkylation sites (tertiary alicyclic amines) is 1. The van der Waals surface area contributed by atoms with Crippen molar-refractivity contribution >= 4 is 11.7 Å². The Labute approximate surface area is 203 Å². The Kier molecular flexibility index (Phi) is 6.99. The van der Waals surface area contributed by atoms with Crippen LogP contribution in [0.1, 0.15) is 72.6 Å². The quantitative estimate of drug-likeness (QED) is 0.581. The predicted octanol–water partition coefficient (Wildman–Crippen LogP) is 4.95. The highest BCUT2D eigenvalue weighted by Gasteiger charge is 2.47. The molecule has 1 unspecified atom stereocenters. The van der Waals surface area contributed by atoms with E-state index in [0.717, 1.165) is 12.2 Å². The van der Waals surface area contributed by atoms with Gasteiger partial charge in [-0.2, -0.15) is 13.2 Å². The molecule has 1 saturated heterocycles. The second-order valence-corrected chi connectivity index (χ2v) is 9.96. The van der Waals surface area contributed by atoms with E-state index in [9.17, 15) is 22.8 Å². The largest absolute Gasteiger partial charge is 0.494 e. The molecule has 35 heavy (non-hydrogen) atoms. The molecule has 0 radical (unpaired) electrons. The van der Waals surface area contributed by atoms with E-state index in [1.54, 1.807) is 42.2 Å². The maximum Gasteiger partial charge on any atom is 0.456 e. The molecule has 9 heteroatoms. The molecule has 1 amide bonds. The molecule has 1 spiro atoms. The summed E-state index contributed by atoms with van der Waals surface area (Å²) in [6.45, 7) is 8.06. The van der Waals surface area contributed by atoms with Crippen LogP contribution in [0.5, 0.6) is 5.75 Å². The van der Waals surface area contributed by atoms with Crippen LogP contribution in [0, 0.1) is 5.92 Å². The lowest BCUT2D eigenvalue weighted by Gasteiger charge is -2.47. The number of aromatic nitrogens is 1. The molecule has 4 rings (SSSR count). The fraction of sp³-hybridized carbons (Fsp3) is 0.538. The molecular weight excluding hydrogens is 459 g/mol. The molecule has 1 fully saturated rings. The molecule has 2 aliphatic rings. The van der Waals surface area contributed by atoms with Crippen LogP contribution in [0.2, 0.25) is 0 Å². The van der Waals surface area contributed by atoms with Crippen LogP contribution in [-0.4, -0.2) is 53.6 Å². The van der Waals surface area contributed by atoms with E-state index in [-0.39, 0.29) is 17.6 Å². The van der Waals surface area contributed by atoms with E-state index >= 15 is 0 Å². The number of nitrogens with zero attached hydrogens (tertiary/aromatic N) is 2. The number of alkyl halides is 3. The lowest BCUT2D eigenvalue weighted by atomic mass is 9.82. The number of amides is 1. The maximum atomic E-state index is 13.1. The summed E-state index contributed by atoms with van der Waals surface area (Å²) in [7, 11) is 0. The van der Waals surface area contributed by atoms with Gasteiger partial charge in [0, 0.05) is 36.9 Å². The molecule has 0 saturated carbocycles. The Morgan fingerprint density at radius 2 is 1.77 bits per heavy atom. The van der Waals surface area contributed by atoms with Crippen molar-refractivity contribution in [2.24, 2.45) is 5.92 Å². The molecule has 0 aliphatic carbocycles. The minimum atomic E-state index is -4.92. The first-order valence-corrected chi connectivity index (χ1v) is 12.1. The summed E-state index contributed by atoms with van der Waals surface area (Å²) in [6.07, 6.45) is -2.87. The highest BCUT2D eigenvalue weighted by molar-refractivity contribution is 5.99. The fourth-order valence-corrected chi connectivity index (χ4v) is 4.98. The number of carbonyl (C=O) groups is 2. The Morgan fingerprint density at radius 3 is 2.37 bits per heavy atom. The van der Waals surface area contributed by atoms with Crippen molar-refractivity contribution in [2.45, 2.75) is 57.8 Å².